The van der Waals surface area contributed by atoms with E-state index in [9.17, 15) is 4.79 Å². The van der Waals surface area contributed by atoms with Gasteiger partial charge in [0, 0.05) is 5.56 Å². The number of carbonyl (C=O) groups is 1. The van der Waals surface area contributed by atoms with Crippen molar-refractivity contribution in [2.24, 2.45) is 0 Å². The Kier molecular flexibility index (Phi) is 3.43. The fraction of sp³-hybridized carbons (Fsp3) is 0.250. The van der Waals surface area contributed by atoms with Gasteiger partial charge in [-0.1, -0.05) is 60.7 Å². The molecule has 1 fully saturated rings. The number of esters is 1. The number of ether oxygens (including phenoxy) is 1. The van der Waals surface area contributed by atoms with Crippen LogP contribution in [0.15, 0.2) is 66.7 Å². The summed E-state index contributed by atoms with van der Waals surface area (Å²) in [5.74, 6) is -0.293. The minimum Gasteiger partial charge on any atom is -0.468 e. The van der Waals surface area contributed by atoms with Crippen LogP contribution in [0.2, 0.25) is 0 Å². The second kappa shape index (κ2) is 5.49. The van der Waals surface area contributed by atoms with Crippen molar-refractivity contribution in [1.82, 2.24) is 0 Å². The quantitative estimate of drug-likeness (QED) is 0.626. The molecule has 0 amide bonds. The number of hydroxylamine groups is 1. The van der Waals surface area contributed by atoms with Crippen LogP contribution < -0.4 is 5.06 Å². The Hall–Kier alpha value is -2.59. The number of carbonyl (C=O) groups excluding carboxylic acids is 1. The standard InChI is InChI=1S/C20H19NO3/c1-14-12-20(19(22)23-2,15-8-4-3-5-9-15)18-16-10-6-7-11-17(16)21(13-14)24-18/h3-11,18H,1,12-13H2,2H3/t18-,20+/m1/s1. The summed E-state index contributed by atoms with van der Waals surface area (Å²) < 4.78 is 5.24. The van der Waals surface area contributed by atoms with Gasteiger partial charge in [0.2, 0.25) is 0 Å². The Morgan fingerprint density at radius 1 is 1.21 bits per heavy atom. The minimum absolute atomic E-state index is 0.293. The molecule has 2 aliphatic heterocycles. The lowest BCUT2D eigenvalue weighted by molar-refractivity contribution is -0.154. The van der Waals surface area contributed by atoms with Gasteiger partial charge in [-0.05, 0) is 18.1 Å². The molecule has 0 aliphatic carbocycles. The van der Waals surface area contributed by atoms with Crippen molar-refractivity contribution in [1.29, 1.82) is 0 Å². The Labute approximate surface area is 141 Å². The first-order chi connectivity index (χ1) is 11.7. The zero-order chi connectivity index (χ0) is 16.7. The molecule has 2 aromatic rings. The predicted octanol–water partition coefficient (Wildman–Crippen LogP) is 3.55. The van der Waals surface area contributed by atoms with Crippen molar-refractivity contribution in [2.75, 3.05) is 18.7 Å². The summed E-state index contributed by atoms with van der Waals surface area (Å²) in [5, 5.41) is 1.84. The maximum Gasteiger partial charge on any atom is 0.319 e. The second-order valence-corrected chi connectivity index (χ2v) is 6.34. The number of para-hydroxylation sites is 1. The van der Waals surface area contributed by atoms with E-state index in [0.717, 1.165) is 22.4 Å². The molecule has 1 saturated heterocycles. The number of benzene rings is 2. The molecule has 2 aromatic carbocycles. The molecular formula is C20H19NO3. The van der Waals surface area contributed by atoms with E-state index in [1.165, 1.54) is 7.11 Å². The summed E-state index contributed by atoms with van der Waals surface area (Å²) in [6, 6.07) is 17.7. The van der Waals surface area contributed by atoms with E-state index in [-0.39, 0.29) is 5.97 Å². The monoisotopic (exact) mass is 321 g/mol. The number of hydrogen-bond donors (Lipinski definition) is 0. The van der Waals surface area contributed by atoms with E-state index in [4.69, 9.17) is 9.57 Å². The fourth-order valence-corrected chi connectivity index (χ4v) is 3.87. The lowest BCUT2D eigenvalue weighted by Gasteiger charge is -2.35. The highest BCUT2D eigenvalue weighted by Crippen LogP contribution is 2.54. The average molecular weight is 321 g/mol. The fourth-order valence-electron chi connectivity index (χ4n) is 3.87. The van der Waals surface area contributed by atoms with Crippen molar-refractivity contribution < 1.29 is 14.4 Å². The molecule has 0 saturated carbocycles. The molecule has 0 N–H and O–H groups in total. The van der Waals surface area contributed by atoms with Gasteiger partial charge < -0.3 is 4.74 Å². The van der Waals surface area contributed by atoms with E-state index in [1.54, 1.807) is 0 Å². The van der Waals surface area contributed by atoms with E-state index >= 15 is 0 Å². The number of anilines is 1. The summed E-state index contributed by atoms with van der Waals surface area (Å²) in [5.41, 5.74) is 2.91. The summed E-state index contributed by atoms with van der Waals surface area (Å²) >= 11 is 0. The number of methoxy groups -OCH3 is 1. The Balaban J connectivity index is 1.98. The summed E-state index contributed by atoms with van der Waals surface area (Å²) in [6.07, 6.45) is 0.0712. The van der Waals surface area contributed by atoms with Crippen molar-refractivity contribution >= 4 is 11.7 Å². The van der Waals surface area contributed by atoms with E-state index in [2.05, 4.69) is 6.58 Å². The second-order valence-electron chi connectivity index (χ2n) is 6.34. The molecule has 24 heavy (non-hydrogen) atoms. The largest absolute Gasteiger partial charge is 0.468 e. The Morgan fingerprint density at radius 3 is 2.67 bits per heavy atom. The highest BCUT2D eigenvalue weighted by molar-refractivity contribution is 5.86. The molecule has 4 rings (SSSR count). The van der Waals surface area contributed by atoms with Crippen LogP contribution in [-0.2, 0) is 19.8 Å². The molecule has 0 spiro atoms. The maximum atomic E-state index is 13.0. The van der Waals surface area contributed by atoms with Gasteiger partial charge in [-0.15, -0.1) is 0 Å². The van der Waals surface area contributed by atoms with Crippen LogP contribution in [0.1, 0.15) is 23.7 Å². The molecule has 122 valence electrons. The zero-order valence-electron chi connectivity index (χ0n) is 13.6. The number of rotatable bonds is 2. The number of nitrogens with zero attached hydrogens (tertiary/aromatic N) is 1. The molecule has 0 radical (unpaired) electrons. The van der Waals surface area contributed by atoms with Crippen LogP contribution in [0.25, 0.3) is 0 Å². The lowest BCUT2D eigenvalue weighted by Crippen LogP contribution is -2.42. The normalized spacial score (nSPS) is 25.1. The van der Waals surface area contributed by atoms with Crippen LogP contribution in [0, 0.1) is 0 Å². The number of fused-ring (bicyclic) bond motifs is 5. The molecule has 2 heterocycles. The smallest absolute Gasteiger partial charge is 0.319 e. The summed E-state index contributed by atoms with van der Waals surface area (Å²) in [4.78, 5) is 19.3. The highest BCUT2D eigenvalue weighted by Gasteiger charge is 2.56. The Bertz CT molecular complexity index is 802. The molecular weight excluding hydrogens is 302 g/mol. The molecule has 2 bridgehead atoms. The minimum atomic E-state index is -0.936. The molecule has 0 unspecified atom stereocenters. The van der Waals surface area contributed by atoms with Gasteiger partial charge in [0.25, 0.3) is 0 Å². The third-order valence-electron chi connectivity index (χ3n) is 4.90. The average Bonchev–Trinajstić information content (AvgIpc) is 2.89. The first-order valence-corrected chi connectivity index (χ1v) is 8.00. The van der Waals surface area contributed by atoms with Gasteiger partial charge >= 0.3 is 5.97 Å². The topological polar surface area (TPSA) is 38.8 Å². The first kappa shape index (κ1) is 15.0. The SMILES string of the molecule is C=C1CN2O[C@H](c3ccccc32)[C@@](C(=O)OC)(c2ccccc2)C1. The van der Waals surface area contributed by atoms with Crippen LogP contribution in [0.3, 0.4) is 0 Å². The van der Waals surface area contributed by atoms with E-state index in [1.807, 2.05) is 59.7 Å². The Morgan fingerprint density at radius 2 is 1.92 bits per heavy atom. The van der Waals surface area contributed by atoms with Crippen molar-refractivity contribution in [3.63, 3.8) is 0 Å². The lowest BCUT2D eigenvalue weighted by atomic mass is 9.69. The number of hydrogen-bond acceptors (Lipinski definition) is 4. The van der Waals surface area contributed by atoms with Crippen LogP contribution in [0.5, 0.6) is 0 Å². The molecule has 4 heteroatoms. The first-order valence-electron chi connectivity index (χ1n) is 8.00. The molecule has 2 atom stereocenters. The maximum absolute atomic E-state index is 13.0. The van der Waals surface area contributed by atoms with Crippen molar-refractivity contribution in [3.8, 4) is 0 Å². The van der Waals surface area contributed by atoms with Gasteiger partial charge in [0.15, 0.2) is 0 Å². The predicted molar refractivity (Wildman–Crippen MR) is 91.5 cm³/mol. The zero-order valence-corrected chi connectivity index (χ0v) is 13.6. The summed E-state index contributed by atoms with van der Waals surface area (Å²) in [7, 11) is 1.43. The van der Waals surface area contributed by atoms with Crippen molar-refractivity contribution in [3.05, 3.63) is 77.9 Å². The van der Waals surface area contributed by atoms with Crippen LogP contribution in [-0.4, -0.2) is 19.6 Å². The highest BCUT2D eigenvalue weighted by atomic mass is 16.7. The van der Waals surface area contributed by atoms with E-state index in [0.29, 0.717) is 13.0 Å². The van der Waals surface area contributed by atoms with Crippen LogP contribution in [0.4, 0.5) is 5.69 Å². The van der Waals surface area contributed by atoms with E-state index < -0.39 is 11.5 Å². The third kappa shape index (κ3) is 2.00. The van der Waals surface area contributed by atoms with Gasteiger partial charge in [0.1, 0.15) is 11.5 Å². The molecule has 2 aliphatic rings. The van der Waals surface area contributed by atoms with Gasteiger partial charge in [-0.2, -0.15) is 0 Å². The molecule has 4 nitrogen and oxygen atoms in total. The van der Waals surface area contributed by atoms with Gasteiger partial charge in [-0.3, -0.25) is 9.63 Å². The summed E-state index contributed by atoms with van der Waals surface area (Å²) in [6.45, 7) is 4.74. The molecule has 0 aromatic heterocycles. The van der Waals surface area contributed by atoms with Crippen molar-refractivity contribution in [2.45, 2.75) is 17.9 Å². The van der Waals surface area contributed by atoms with Gasteiger partial charge in [0.05, 0.1) is 19.3 Å². The van der Waals surface area contributed by atoms with Crippen LogP contribution >= 0.6 is 0 Å². The third-order valence-corrected chi connectivity index (χ3v) is 4.90. The van der Waals surface area contributed by atoms with Gasteiger partial charge in [-0.25, -0.2) is 5.06 Å².